The number of ether oxygens (including phenoxy) is 2. The molecule has 0 fully saturated rings. The van der Waals surface area contributed by atoms with Gasteiger partial charge in [0, 0.05) is 11.4 Å². The normalized spacial score (nSPS) is 11.9. The Bertz CT molecular complexity index is 397. The molecule has 94 valence electrons. The quantitative estimate of drug-likeness (QED) is 0.460. The Morgan fingerprint density at radius 1 is 1.47 bits per heavy atom. The van der Waals surface area contributed by atoms with E-state index in [2.05, 4.69) is 15.9 Å². The minimum Gasteiger partial charge on any atom is -0.493 e. The van der Waals surface area contributed by atoms with Gasteiger partial charge in [0.15, 0.2) is 11.5 Å². The highest BCUT2D eigenvalue weighted by Gasteiger charge is 2.12. The number of hydrogen-bond donors (Lipinski definition) is 0. The maximum Gasteiger partial charge on any atom is 0.273 e. The SMILES string of the molecule is COc1cc([N+](=O)[O-])ccc1OCC(C)CBr. The molecule has 0 amide bonds. The molecule has 0 bridgehead atoms. The lowest BCUT2D eigenvalue weighted by molar-refractivity contribution is -0.384. The number of hydrogen-bond acceptors (Lipinski definition) is 4. The first-order chi connectivity index (χ1) is 8.08. The van der Waals surface area contributed by atoms with Crippen molar-refractivity contribution in [1.82, 2.24) is 0 Å². The summed E-state index contributed by atoms with van der Waals surface area (Å²) >= 11 is 3.35. The average molecular weight is 304 g/mol. The van der Waals surface area contributed by atoms with Crippen LogP contribution in [0.15, 0.2) is 18.2 Å². The highest BCUT2D eigenvalue weighted by molar-refractivity contribution is 9.09. The first kappa shape index (κ1) is 13.8. The van der Waals surface area contributed by atoms with E-state index < -0.39 is 4.92 Å². The van der Waals surface area contributed by atoms with Gasteiger partial charge in [-0.05, 0) is 12.0 Å². The fourth-order valence-electron chi connectivity index (χ4n) is 1.17. The lowest BCUT2D eigenvalue weighted by Gasteiger charge is -2.12. The van der Waals surface area contributed by atoms with Gasteiger partial charge >= 0.3 is 0 Å². The maximum absolute atomic E-state index is 10.6. The van der Waals surface area contributed by atoms with Crippen LogP contribution in [0.3, 0.4) is 0 Å². The summed E-state index contributed by atoms with van der Waals surface area (Å²) in [4.78, 5) is 10.1. The van der Waals surface area contributed by atoms with E-state index in [1.54, 1.807) is 6.07 Å². The van der Waals surface area contributed by atoms with Crippen molar-refractivity contribution in [1.29, 1.82) is 0 Å². The third-order valence-corrected chi connectivity index (χ3v) is 3.25. The monoisotopic (exact) mass is 303 g/mol. The molecule has 0 radical (unpaired) electrons. The molecule has 0 aliphatic carbocycles. The number of halogens is 1. The standard InChI is InChI=1S/C11H14BrNO4/c1-8(6-12)7-17-10-4-3-9(13(14)15)5-11(10)16-2/h3-5,8H,6-7H2,1-2H3. The van der Waals surface area contributed by atoms with Crippen LogP contribution in [0, 0.1) is 16.0 Å². The first-order valence-electron chi connectivity index (χ1n) is 5.09. The zero-order valence-corrected chi connectivity index (χ0v) is 11.3. The third-order valence-electron chi connectivity index (χ3n) is 2.14. The summed E-state index contributed by atoms with van der Waals surface area (Å²) in [5.74, 6) is 1.25. The zero-order chi connectivity index (χ0) is 12.8. The molecule has 1 unspecified atom stereocenters. The summed E-state index contributed by atoms with van der Waals surface area (Å²) in [5, 5.41) is 11.4. The molecule has 1 rings (SSSR count). The molecule has 0 heterocycles. The van der Waals surface area contributed by atoms with Crippen molar-refractivity contribution in [3.05, 3.63) is 28.3 Å². The summed E-state index contributed by atoms with van der Waals surface area (Å²) < 4.78 is 10.6. The predicted molar refractivity (Wildman–Crippen MR) is 68.1 cm³/mol. The lowest BCUT2D eigenvalue weighted by atomic mass is 10.2. The number of alkyl halides is 1. The number of rotatable bonds is 6. The molecule has 5 nitrogen and oxygen atoms in total. The molecule has 1 aromatic rings. The minimum atomic E-state index is -0.465. The predicted octanol–water partition coefficient (Wildman–Crippen LogP) is 3.01. The summed E-state index contributed by atoms with van der Waals surface area (Å²) in [6.07, 6.45) is 0. The number of nitro benzene ring substituents is 1. The number of nitro groups is 1. The van der Waals surface area contributed by atoms with E-state index in [1.807, 2.05) is 6.92 Å². The van der Waals surface area contributed by atoms with Crippen LogP contribution in [-0.2, 0) is 0 Å². The smallest absolute Gasteiger partial charge is 0.273 e. The minimum absolute atomic E-state index is 0.0114. The van der Waals surface area contributed by atoms with Gasteiger partial charge in [0.2, 0.25) is 0 Å². The number of nitrogens with zero attached hydrogens (tertiary/aromatic N) is 1. The Labute approximate surface area is 108 Å². The fourth-order valence-corrected chi connectivity index (χ4v) is 1.35. The molecule has 1 atom stereocenters. The van der Waals surface area contributed by atoms with Gasteiger partial charge < -0.3 is 9.47 Å². The van der Waals surface area contributed by atoms with Crippen LogP contribution in [0.4, 0.5) is 5.69 Å². The van der Waals surface area contributed by atoms with E-state index >= 15 is 0 Å². The molecule has 0 aliphatic rings. The highest BCUT2D eigenvalue weighted by Crippen LogP contribution is 2.31. The summed E-state index contributed by atoms with van der Waals surface area (Å²) in [6, 6.07) is 4.31. The van der Waals surface area contributed by atoms with Gasteiger partial charge in [-0.2, -0.15) is 0 Å². The molecule has 0 N–H and O–H groups in total. The molecule has 1 aromatic carbocycles. The Morgan fingerprint density at radius 3 is 2.71 bits per heavy atom. The molecule has 0 saturated carbocycles. The van der Waals surface area contributed by atoms with E-state index in [0.29, 0.717) is 24.0 Å². The van der Waals surface area contributed by atoms with Gasteiger partial charge in [-0.25, -0.2) is 0 Å². The summed E-state index contributed by atoms with van der Waals surface area (Å²) in [5.41, 5.74) is -0.0114. The molecule has 17 heavy (non-hydrogen) atoms. The van der Waals surface area contributed by atoms with Crippen LogP contribution < -0.4 is 9.47 Å². The molecular formula is C11H14BrNO4. The van der Waals surface area contributed by atoms with Crippen molar-refractivity contribution in [2.24, 2.45) is 5.92 Å². The maximum atomic E-state index is 10.6. The van der Waals surface area contributed by atoms with Gasteiger partial charge in [-0.3, -0.25) is 10.1 Å². The van der Waals surface area contributed by atoms with Crippen LogP contribution >= 0.6 is 15.9 Å². The first-order valence-corrected chi connectivity index (χ1v) is 6.21. The van der Waals surface area contributed by atoms with Crippen molar-refractivity contribution in [2.75, 3.05) is 19.0 Å². The van der Waals surface area contributed by atoms with Crippen LogP contribution in [0.5, 0.6) is 11.5 Å². The van der Waals surface area contributed by atoms with E-state index in [9.17, 15) is 10.1 Å². The fraction of sp³-hybridized carbons (Fsp3) is 0.455. The number of methoxy groups -OCH3 is 1. The molecule has 6 heteroatoms. The molecule has 0 aromatic heterocycles. The van der Waals surface area contributed by atoms with Crippen LogP contribution in [0.2, 0.25) is 0 Å². The van der Waals surface area contributed by atoms with Gasteiger partial charge in [-0.15, -0.1) is 0 Å². The van der Waals surface area contributed by atoms with Crippen LogP contribution in [-0.4, -0.2) is 24.0 Å². The van der Waals surface area contributed by atoms with Gasteiger partial charge in [0.05, 0.1) is 24.7 Å². The molecular weight excluding hydrogens is 290 g/mol. The lowest BCUT2D eigenvalue weighted by Crippen LogP contribution is -2.10. The Morgan fingerprint density at radius 2 is 2.18 bits per heavy atom. The van der Waals surface area contributed by atoms with Crippen molar-refractivity contribution in [3.63, 3.8) is 0 Å². The number of non-ortho nitro benzene ring substituents is 1. The van der Waals surface area contributed by atoms with Gasteiger partial charge in [0.1, 0.15) is 0 Å². The highest BCUT2D eigenvalue weighted by atomic mass is 79.9. The van der Waals surface area contributed by atoms with Gasteiger partial charge in [-0.1, -0.05) is 22.9 Å². The topological polar surface area (TPSA) is 61.6 Å². The van der Waals surface area contributed by atoms with Crippen molar-refractivity contribution >= 4 is 21.6 Å². The number of benzene rings is 1. The Hall–Kier alpha value is -1.30. The van der Waals surface area contributed by atoms with Gasteiger partial charge in [0.25, 0.3) is 5.69 Å². The molecule has 0 saturated heterocycles. The Balaban J connectivity index is 2.82. The van der Waals surface area contributed by atoms with E-state index in [4.69, 9.17) is 9.47 Å². The van der Waals surface area contributed by atoms with Crippen molar-refractivity contribution in [3.8, 4) is 11.5 Å². The second-order valence-electron chi connectivity index (χ2n) is 3.66. The van der Waals surface area contributed by atoms with Crippen LogP contribution in [0.1, 0.15) is 6.92 Å². The van der Waals surface area contributed by atoms with Crippen molar-refractivity contribution in [2.45, 2.75) is 6.92 Å². The third kappa shape index (κ3) is 3.89. The average Bonchev–Trinajstić information content (AvgIpc) is 2.35. The van der Waals surface area contributed by atoms with E-state index in [0.717, 1.165) is 5.33 Å². The largest absolute Gasteiger partial charge is 0.493 e. The second kappa shape index (κ2) is 6.44. The molecule has 0 spiro atoms. The Kier molecular flexibility index (Phi) is 5.21. The summed E-state index contributed by atoms with van der Waals surface area (Å²) in [7, 11) is 1.46. The second-order valence-corrected chi connectivity index (χ2v) is 4.31. The molecule has 0 aliphatic heterocycles. The summed E-state index contributed by atoms with van der Waals surface area (Å²) in [6.45, 7) is 2.56. The van der Waals surface area contributed by atoms with Crippen molar-refractivity contribution < 1.29 is 14.4 Å². The van der Waals surface area contributed by atoms with E-state index in [1.165, 1.54) is 19.2 Å². The zero-order valence-electron chi connectivity index (χ0n) is 9.68. The van der Waals surface area contributed by atoms with Crippen LogP contribution in [0.25, 0.3) is 0 Å². The van der Waals surface area contributed by atoms with E-state index in [-0.39, 0.29) is 5.69 Å².